The van der Waals surface area contributed by atoms with Crippen molar-refractivity contribution in [3.63, 3.8) is 0 Å². The van der Waals surface area contributed by atoms with Crippen LogP contribution in [-0.2, 0) is 4.79 Å². The Hall–Kier alpha value is -3.80. The molecule has 0 saturated heterocycles. The molecule has 0 spiro atoms. The summed E-state index contributed by atoms with van der Waals surface area (Å²) < 4.78 is 11.5. The fourth-order valence-electron chi connectivity index (χ4n) is 3.31. The van der Waals surface area contributed by atoms with Crippen molar-refractivity contribution >= 4 is 23.2 Å². The molecule has 6 heteroatoms. The van der Waals surface area contributed by atoms with Crippen molar-refractivity contribution in [2.24, 2.45) is 0 Å². The molecule has 3 aromatic carbocycles. The normalized spacial score (nSPS) is 12.2. The first-order chi connectivity index (χ1) is 14.9. The molecule has 31 heavy (non-hydrogen) atoms. The number of benzene rings is 3. The van der Waals surface area contributed by atoms with E-state index in [1.807, 2.05) is 49.4 Å². The summed E-state index contributed by atoms with van der Waals surface area (Å²) in [6.07, 6.45) is 0. The number of carbonyl (C=O) groups is 2. The minimum absolute atomic E-state index is 0.133. The highest BCUT2D eigenvalue weighted by molar-refractivity contribution is 6.09. The van der Waals surface area contributed by atoms with E-state index in [1.165, 1.54) is 5.56 Å². The molecule has 158 valence electrons. The van der Waals surface area contributed by atoms with Gasteiger partial charge in [-0.15, -0.1) is 0 Å². The zero-order chi connectivity index (χ0) is 22.0. The standard InChI is InChI=1S/C25H24N2O4/c1-15(2)17-5-8-19(9-6-17)30-14-24(28)26-18-7-11-22-20(13-18)25(29)27-21-12-16(3)4-10-23(21)31-22/h4-13,15H,14H2,1-3H3,(H,26,28)(H,27,29). The lowest BCUT2D eigenvalue weighted by atomic mass is 10.0. The number of amides is 2. The van der Waals surface area contributed by atoms with Gasteiger partial charge in [0.25, 0.3) is 11.8 Å². The zero-order valence-corrected chi connectivity index (χ0v) is 17.7. The molecule has 1 heterocycles. The predicted octanol–water partition coefficient (Wildman–Crippen LogP) is 5.49. The Balaban J connectivity index is 1.42. The topological polar surface area (TPSA) is 76.7 Å². The van der Waals surface area contributed by atoms with E-state index >= 15 is 0 Å². The lowest BCUT2D eigenvalue weighted by Crippen LogP contribution is -2.20. The molecule has 1 aliphatic heterocycles. The van der Waals surface area contributed by atoms with E-state index in [9.17, 15) is 9.59 Å². The quantitative estimate of drug-likeness (QED) is 0.576. The van der Waals surface area contributed by atoms with Crippen molar-refractivity contribution < 1.29 is 19.1 Å². The van der Waals surface area contributed by atoms with Crippen LogP contribution in [0.4, 0.5) is 11.4 Å². The Morgan fingerprint density at radius 3 is 2.52 bits per heavy atom. The molecular weight excluding hydrogens is 392 g/mol. The number of anilines is 2. The third-order valence-electron chi connectivity index (χ3n) is 5.03. The molecule has 4 rings (SSSR count). The second-order valence-corrected chi connectivity index (χ2v) is 7.83. The maximum atomic E-state index is 12.7. The first-order valence-electron chi connectivity index (χ1n) is 10.2. The monoisotopic (exact) mass is 416 g/mol. The Kier molecular flexibility index (Phi) is 5.62. The van der Waals surface area contributed by atoms with Gasteiger partial charge in [-0.1, -0.05) is 32.0 Å². The van der Waals surface area contributed by atoms with Crippen LogP contribution in [0.5, 0.6) is 17.2 Å². The Morgan fingerprint density at radius 2 is 1.77 bits per heavy atom. The lowest BCUT2D eigenvalue weighted by molar-refractivity contribution is -0.118. The van der Waals surface area contributed by atoms with Gasteiger partial charge in [0.05, 0.1) is 11.3 Å². The molecule has 0 bridgehead atoms. The highest BCUT2D eigenvalue weighted by Crippen LogP contribution is 2.37. The Morgan fingerprint density at radius 1 is 1.03 bits per heavy atom. The number of hydrogen-bond acceptors (Lipinski definition) is 4. The van der Waals surface area contributed by atoms with E-state index in [1.54, 1.807) is 18.2 Å². The maximum absolute atomic E-state index is 12.7. The molecule has 2 amide bonds. The first-order valence-corrected chi connectivity index (χ1v) is 10.2. The summed E-state index contributed by atoms with van der Waals surface area (Å²) in [7, 11) is 0. The molecule has 0 atom stereocenters. The first kappa shape index (κ1) is 20.5. The van der Waals surface area contributed by atoms with Crippen molar-refractivity contribution in [2.75, 3.05) is 17.2 Å². The summed E-state index contributed by atoms with van der Waals surface area (Å²) in [5.41, 5.74) is 3.67. The SMILES string of the molecule is Cc1ccc2c(c1)NC(=O)c1cc(NC(=O)COc3ccc(C(C)C)cc3)ccc1O2. The van der Waals surface area contributed by atoms with Gasteiger partial charge in [0.2, 0.25) is 0 Å². The number of rotatable bonds is 5. The second kappa shape index (κ2) is 8.52. The number of hydrogen-bond donors (Lipinski definition) is 2. The average Bonchev–Trinajstić information content (AvgIpc) is 2.88. The fraction of sp³-hybridized carbons (Fsp3) is 0.200. The van der Waals surface area contributed by atoms with Gasteiger partial charge in [-0.3, -0.25) is 9.59 Å². The molecule has 2 N–H and O–H groups in total. The van der Waals surface area contributed by atoms with Crippen LogP contribution in [0.1, 0.15) is 41.3 Å². The van der Waals surface area contributed by atoms with Gasteiger partial charge in [0, 0.05) is 5.69 Å². The van der Waals surface area contributed by atoms with Gasteiger partial charge in [-0.2, -0.15) is 0 Å². The molecule has 1 aliphatic rings. The Bertz CT molecular complexity index is 1140. The number of fused-ring (bicyclic) bond motifs is 2. The molecule has 0 unspecified atom stereocenters. The zero-order valence-electron chi connectivity index (χ0n) is 17.7. The molecule has 3 aromatic rings. The van der Waals surface area contributed by atoms with Crippen molar-refractivity contribution in [1.29, 1.82) is 0 Å². The van der Waals surface area contributed by atoms with Crippen LogP contribution < -0.4 is 20.1 Å². The van der Waals surface area contributed by atoms with E-state index in [2.05, 4.69) is 24.5 Å². The number of nitrogens with one attached hydrogen (secondary N) is 2. The predicted molar refractivity (Wildman–Crippen MR) is 120 cm³/mol. The van der Waals surface area contributed by atoms with E-state index in [0.29, 0.717) is 40.1 Å². The summed E-state index contributed by atoms with van der Waals surface area (Å²) >= 11 is 0. The van der Waals surface area contributed by atoms with Crippen LogP contribution in [0.3, 0.4) is 0 Å². The van der Waals surface area contributed by atoms with Gasteiger partial charge in [-0.05, 0) is 66.4 Å². The minimum atomic E-state index is -0.318. The summed E-state index contributed by atoms with van der Waals surface area (Å²) in [5, 5.41) is 5.62. The summed E-state index contributed by atoms with van der Waals surface area (Å²) in [6.45, 7) is 6.05. The van der Waals surface area contributed by atoms with Crippen LogP contribution in [0.2, 0.25) is 0 Å². The van der Waals surface area contributed by atoms with Crippen molar-refractivity contribution in [2.45, 2.75) is 26.7 Å². The number of carbonyl (C=O) groups excluding carboxylic acids is 2. The third kappa shape index (κ3) is 4.69. The van der Waals surface area contributed by atoms with Gasteiger partial charge < -0.3 is 20.1 Å². The van der Waals surface area contributed by atoms with Gasteiger partial charge in [0.15, 0.2) is 12.4 Å². The second-order valence-electron chi connectivity index (χ2n) is 7.83. The molecule has 0 radical (unpaired) electrons. The van der Waals surface area contributed by atoms with Crippen LogP contribution in [0.25, 0.3) is 0 Å². The van der Waals surface area contributed by atoms with E-state index < -0.39 is 0 Å². The number of aryl methyl sites for hydroxylation is 1. The average molecular weight is 416 g/mol. The maximum Gasteiger partial charge on any atom is 0.262 e. The summed E-state index contributed by atoms with van der Waals surface area (Å²) in [4.78, 5) is 25.0. The molecule has 0 saturated carbocycles. The summed E-state index contributed by atoms with van der Waals surface area (Å²) in [6, 6.07) is 18.2. The van der Waals surface area contributed by atoms with Gasteiger partial charge >= 0.3 is 0 Å². The third-order valence-corrected chi connectivity index (χ3v) is 5.03. The van der Waals surface area contributed by atoms with Crippen LogP contribution in [-0.4, -0.2) is 18.4 Å². The highest BCUT2D eigenvalue weighted by Gasteiger charge is 2.21. The molecule has 0 fully saturated rings. The van der Waals surface area contributed by atoms with Gasteiger partial charge in [0.1, 0.15) is 11.5 Å². The molecule has 0 aromatic heterocycles. The largest absolute Gasteiger partial charge is 0.484 e. The van der Waals surface area contributed by atoms with E-state index in [-0.39, 0.29) is 18.4 Å². The highest BCUT2D eigenvalue weighted by atomic mass is 16.5. The minimum Gasteiger partial charge on any atom is -0.484 e. The van der Waals surface area contributed by atoms with Crippen LogP contribution in [0.15, 0.2) is 60.7 Å². The van der Waals surface area contributed by atoms with Gasteiger partial charge in [-0.25, -0.2) is 0 Å². The van der Waals surface area contributed by atoms with Crippen molar-refractivity contribution in [3.05, 3.63) is 77.4 Å². The smallest absolute Gasteiger partial charge is 0.262 e. The van der Waals surface area contributed by atoms with Crippen molar-refractivity contribution in [3.8, 4) is 17.2 Å². The fourth-order valence-corrected chi connectivity index (χ4v) is 3.31. The van der Waals surface area contributed by atoms with Crippen LogP contribution >= 0.6 is 0 Å². The molecular formula is C25H24N2O4. The van der Waals surface area contributed by atoms with Crippen LogP contribution in [0, 0.1) is 6.92 Å². The van der Waals surface area contributed by atoms with E-state index in [4.69, 9.17) is 9.47 Å². The summed E-state index contributed by atoms with van der Waals surface area (Å²) in [5.74, 6) is 1.45. The van der Waals surface area contributed by atoms with E-state index in [0.717, 1.165) is 5.56 Å². The lowest BCUT2D eigenvalue weighted by Gasteiger charge is -2.11. The Labute approximate surface area is 181 Å². The molecule has 6 nitrogen and oxygen atoms in total. The number of ether oxygens (including phenoxy) is 2. The van der Waals surface area contributed by atoms with Crippen molar-refractivity contribution in [1.82, 2.24) is 0 Å². The molecule has 0 aliphatic carbocycles.